The molecule has 0 aliphatic carbocycles. The van der Waals surface area contributed by atoms with Gasteiger partial charge in [-0.2, -0.15) is 5.56 Å². The zero-order valence-electron chi connectivity index (χ0n) is 5.24. The Morgan fingerprint density at radius 3 is 2.00 bits per heavy atom. The van der Waals surface area contributed by atoms with Gasteiger partial charge in [0, 0.05) is 0 Å². The molecule has 0 aromatic heterocycles. The van der Waals surface area contributed by atoms with Crippen LogP contribution in [0.1, 0.15) is 5.56 Å². The number of halogens is 1. The summed E-state index contributed by atoms with van der Waals surface area (Å²) in [7, 11) is 4.49. The van der Waals surface area contributed by atoms with E-state index in [9.17, 15) is 0 Å². The van der Waals surface area contributed by atoms with Gasteiger partial charge in [0.1, 0.15) is 0 Å². The first kappa shape index (κ1) is 9.91. The number of hydrogen-bond donors (Lipinski definition) is 0. The molecule has 0 spiro atoms. The number of rotatable bonds is 1. The fourth-order valence-corrected chi connectivity index (χ4v) is 0.564. The van der Waals surface area contributed by atoms with Crippen LogP contribution in [0.4, 0.5) is 0 Å². The Hall–Kier alpha value is -0.0877. The Labute approximate surface area is 76.3 Å². The minimum atomic E-state index is 1.06. The molecule has 1 aromatic rings. The van der Waals surface area contributed by atoms with Crippen molar-refractivity contribution in [1.29, 1.82) is 0 Å². The Bertz CT molecular complexity index is 172. The van der Waals surface area contributed by atoms with E-state index in [-0.39, 0.29) is 0 Å². The van der Waals surface area contributed by atoms with E-state index < -0.39 is 0 Å². The normalized spacial score (nSPS) is 7.50. The van der Waals surface area contributed by atoms with E-state index in [0.29, 0.717) is 0 Å². The van der Waals surface area contributed by atoms with Crippen LogP contribution in [0, 0.1) is 6.58 Å². The van der Waals surface area contributed by atoms with Crippen LogP contribution >= 0.6 is 9.53 Å². The van der Waals surface area contributed by atoms with Crippen molar-refractivity contribution in [3.8, 4) is 0 Å². The molecule has 0 saturated carbocycles. The molecule has 0 aliphatic heterocycles. The first-order valence-corrected chi connectivity index (χ1v) is 4.65. The molecular weight excluding hydrogens is 238 g/mol. The van der Waals surface area contributed by atoms with Gasteiger partial charge in [0.05, 0.1) is 0 Å². The van der Waals surface area contributed by atoms with Crippen molar-refractivity contribution >= 4 is 15.6 Å². The van der Waals surface area contributed by atoms with E-state index in [2.05, 4.69) is 27.7 Å². The van der Waals surface area contributed by atoms with Crippen LogP contribution in [0.25, 0.3) is 6.08 Å². The summed E-state index contributed by atoms with van der Waals surface area (Å²) in [6, 6.07) is 9.80. The van der Waals surface area contributed by atoms with Crippen LogP contribution in [0.5, 0.6) is 0 Å². The van der Waals surface area contributed by atoms with Gasteiger partial charge in [0.25, 0.3) is 0 Å². The van der Waals surface area contributed by atoms with Gasteiger partial charge in [0.15, 0.2) is 0 Å². The third-order valence-corrected chi connectivity index (χ3v) is 0.992. The predicted molar refractivity (Wildman–Crippen MR) is 41.1 cm³/mol. The van der Waals surface area contributed by atoms with Gasteiger partial charge >= 0.3 is 27.7 Å². The molecular formula is C8H7ClPd. The molecule has 0 saturated heterocycles. The summed E-state index contributed by atoms with van der Waals surface area (Å²) in [5, 5.41) is 0. The van der Waals surface area contributed by atoms with Crippen LogP contribution in [0.15, 0.2) is 30.3 Å². The summed E-state index contributed by atoms with van der Waals surface area (Å²) < 4.78 is 0. The minimum absolute atomic E-state index is 1.06. The maximum atomic E-state index is 5.22. The summed E-state index contributed by atoms with van der Waals surface area (Å²) in [4.78, 5) is 0. The van der Waals surface area contributed by atoms with Gasteiger partial charge < -0.3 is 0 Å². The molecule has 0 nitrogen and oxygen atoms in total. The van der Waals surface area contributed by atoms with Gasteiger partial charge in [-0.05, 0) is 0 Å². The standard InChI is InChI=1S/C8H7.ClH.Pd/c1-2-8-6-4-3-5-7-8;;/h1-7H;1H;/q-1;;+2/p-1. The molecule has 0 unspecified atom stereocenters. The van der Waals surface area contributed by atoms with Crippen LogP contribution in [0.2, 0.25) is 0 Å². The summed E-state index contributed by atoms with van der Waals surface area (Å²) in [6.07, 6.45) is 1.58. The first-order valence-electron chi connectivity index (χ1n) is 2.65. The molecule has 10 heavy (non-hydrogen) atoms. The third kappa shape index (κ3) is 3.85. The predicted octanol–water partition coefficient (Wildman–Crippen LogP) is 2.82. The topological polar surface area (TPSA) is 0 Å². The van der Waals surface area contributed by atoms with E-state index in [1.807, 2.05) is 30.3 Å². The van der Waals surface area contributed by atoms with Gasteiger partial charge in [-0.1, -0.05) is 18.2 Å². The zero-order valence-corrected chi connectivity index (χ0v) is 7.55. The monoisotopic (exact) mass is 244 g/mol. The summed E-state index contributed by atoms with van der Waals surface area (Å²) in [6.45, 7) is 5.22. The first-order chi connectivity index (χ1) is 4.93. The summed E-state index contributed by atoms with van der Waals surface area (Å²) >= 11 is 2.22. The molecule has 0 atom stereocenters. The molecule has 0 aliphatic rings. The third-order valence-electron chi connectivity index (χ3n) is 0.992. The average molecular weight is 245 g/mol. The molecule has 0 fully saturated rings. The molecule has 0 N–H and O–H groups in total. The van der Waals surface area contributed by atoms with Crippen LogP contribution in [-0.2, 0) is 18.2 Å². The van der Waals surface area contributed by atoms with E-state index in [1.54, 1.807) is 6.08 Å². The van der Waals surface area contributed by atoms with Crippen molar-refractivity contribution < 1.29 is 18.2 Å². The van der Waals surface area contributed by atoms with Gasteiger partial charge in [-0.25, -0.2) is 6.08 Å². The summed E-state index contributed by atoms with van der Waals surface area (Å²) in [5.74, 6) is 0. The van der Waals surface area contributed by atoms with E-state index in [4.69, 9.17) is 6.58 Å². The second-order valence-corrected chi connectivity index (χ2v) is 1.58. The Morgan fingerprint density at radius 2 is 1.70 bits per heavy atom. The molecule has 0 radical (unpaired) electrons. The van der Waals surface area contributed by atoms with Crippen molar-refractivity contribution in [2.75, 3.05) is 0 Å². The SMILES string of the molecule is [CH-]=Cc1ccccc1.[Cl][Pd+]. The van der Waals surface area contributed by atoms with Crippen molar-refractivity contribution in [3.05, 3.63) is 42.5 Å². The fourth-order valence-electron chi connectivity index (χ4n) is 0.564. The van der Waals surface area contributed by atoms with Gasteiger partial charge in [0.2, 0.25) is 0 Å². The molecule has 0 heterocycles. The molecule has 0 amide bonds. The van der Waals surface area contributed by atoms with Gasteiger partial charge in [-0.3, -0.25) is 6.58 Å². The molecule has 0 bridgehead atoms. The van der Waals surface area contributed by atoms with Crippen molar-refractivity contribution in [2.24, 2.45) is 0 Å². The number of hydrogen-bond acceptors (Lipinski definition) is 0. The van der Waals surface area contributed by atoms with Crippen LogP contribution in [0.3, 0.4) is 0 Å². The van der Waals surface area contributed by atoms with E-state index in [1.165, 1.54) is 0 Å². The average Bonchev–Trinajstić information content (AvgIpc) is 2.10. The Balaban J connectivity index is 0.000000371. The fraction of sp³-hybridized carbons (Fsp3) is 0. The molecule has 2 heteroatoms. The molecule has 1 rings (SSSR count). The van der Waals surface area contributed by atoms with E-state index >= 15 is 0 Å². The zero-order chi connectivity index (χ0) is 7.82. The van der Waals surface area contributed by atoms with Crippen molar-refractivity contribution in [3.63, 3.8) is 0 Å². The van der Waals surface area contributed by atoms with Crippen LogP contribution in [-0.4, -0.2) is 0 Å². The second kappa shape index (κ2) is 7.02. The summed E-state index contributed by atoms with van der Waals surface area (Å²) in [5.41, 5.74) is 1.06. The van der Waals surface area contributed by atoms with Crippen molar-refractivity contribution in [1.82, 2.24) is 0 Å². The molecule has 1 aromatic carbocycles. The maximum absolute atomic E-state index is 5.22. The van der Waals surface area contributed by atoms with E-state index in [0.717, 1.165) is 5.56 Å². The second-order valence-electron chi connectivity index (χ2n) is 1.58. The quantitative estimate of drug-likeness (QED) is 0.527. The Morgan fingerprint density at radius 1 is 1.20 bits per heavy atom. The van der Waals surface area contributed by atoms with Crippen molar-refractivity contribution in [2.45, 2.75) is 0 Å². The molecule has 56 valence electrons. The van der Waals surface area contributed by atoms with Crippen LogP contribution < -0.4 is 0 Å². The van der Waals surface area contributed by atoms with Gasteiger partial charge in [-0.15, -0.1) is 12.1 Å². The number of benzene rings is 1. The Kier molecular flexibility index (Phi) is 6.96.